The van der Waals surface area contributed by atoms with Crippen molar-refractivity contribution in [3.8, 4) is 23.0 Å². The van der Waals surface area contributed by atoms with Crippen LogP contribution in [0.5, 0.6) is 0 Å². The molecule has 0 saturated carbocycles. The minimum atomic E-state index is -0.404. The number of carbonyl (C=O) groups excluding carboxylic acids is 1. The van der Waals surface area contributed by atoms with E-state index in [9.17, 15) is 4.79 Å². The van der Waals surface area contributed by atoms with Crippen LogP contribution >= 0.6 is 0 Å². The average Bonchev–Trinajstić information content (AvgIpc) is 3.11. The Labute approximate surface area is 183 Å². The molecule has 31 heavy (non-hydrogen) atoms. The van der Waals surface area contributed by atoms with Crippen molar-refractivity contribution >= 4 is 11.8 Å². The molecule has 1 aliphatic rings. The first-order chi connectivity index (χ1) is 15.1. The fraction of sp³-hybridized carbons (Fsp3) is 0.222. The zero-order valence-corrected chi connectivity index (χ0v) is 17.9. The Morgan fingerprint density at radius 1 is 0.935 bits per heavy atom. The molecule has 0 heterocycles. The molecule has 1 N–H and O–H groups in total. The van der Waals surface area contributed by atoms with Crippen molar-refractivity contribution in [3.63, 3.8) is 0 Å². The van der Waals surface area contributed by atoms with Crippen molar-refractivity contribution < 1.29 is 9.53 Å². The van der Waals surface area contributed by atoms with E-state index >= 15 is 0 Å². The Morgan fingerprint density at radius 3 is 2.16 bits per heavy atom. The summed E-state index contributed by atoms with van der Waals surface area (Å²) in [6.07, 6.45) is 0.165. The van der Waals surface area contributed by atoms with Crippen molar-refractivity contribution in [2.75, 3.05) is 32.1 Å². The van der Waals surface area contributed by atoms with E-state index in [-0.39, 0.29) is 5.92 Å². The minimum Gasteiger partial charge on any atom is -0.449 e. The first kappa shape index (κ1) is 20.6. The first-order valence-corrected chi connectivity index (χ1v) is 10.5. The summed E-state index contributed by atoms with van der Waals surface area (Å²) in [6.45, 7) is 0.781. The van der Waals surface area contributed by atoms with Crippen molar-refractivity contribution in [2.24, 2.45) is 0 Å². The van der Waals surface area contributed by atoms with Gasteiger partial charge in [-0.1, -0.05) is 60.4 Å². The highest BCUT2D eigenvalue weighted by Crippen LogP contribution is 2.44. The monoisotopic (exact) mass is 410 g/mol. The Hall–Kier alpha value is -3.71. The lowest BCUT2D eigenvalue weighted by atomic mass is 9.98. The van der Waals surface area contributed by atoms with Gasteiger partial charge in [0.05, 0.1) is 0 Å². The van der Waals surface area contributed by atoms with Crippen LogP contribution in [0.15, 0.2) is 72.8 Å². The largest absolute Gasteiger partial charge is 0.449 e. The zero-order chi connectivity index (χ0) is 21.6. The second-order valence-corrected chi connectivity index (χ2v) is 7.75. The van der Waals surface area contributed by atoms with E-state index in [0.29, 0.717) is 19.6 Å². The highest BCUT2D eigenvalue weighted by atomic mass is 16.5. The number of carbonyl (C=O) groups is 1. The molecule has 4 heteroatoms. The van der Waals surface area contributed by atoms with Crippen molar-refractivity contribution in [2.45, 2.75) is 12.3 Å². The number of rotatable bonds is 5. The maximum absolute atomic E-state index is 12.2. The molecule has 0 spiro atoms. The number of ether oxygens (including phenoxy) is 1. The fourth-order valence-corrected chi connectivity index (χ4v) is 3.88. The number of hydrogen-bond acceptors (Lipinski definition) is 3. The number of benzene rings is 3. The smallest absolute Gasteiger partial charge is 0.407 e. The Bertz CT molecular complexity index is 1080. The van der Waals surface area contributed by atoms with Gasteiger partial charge in [0, 0.05) is 44.2 Å². The van der Waals surface area contributed by atoms with Crippen molar-refractivity contribution in [1.82, 2.24) is 5.32 Å². The van der Waals surface area contributed by atoms with Crippen molar-refractivity contribution in [3.05, 3.63) is 89.5 Å². The number of amides is 1. The van der Waals surface area contributed by atoms with E-state index in [1.165, 1.54) is 22.3 Å². The second kappa shape index (κ2) is 9.40. The second-order valence-electron chi connectivity index (χ2n) is 7.75. The molecule has 0 saturated heterocycles. The summed E-state index contributed by atoms with van der Waals surface area (Å²) in [5.41, 5.74) is 6.97. The minimum absolute atomic E-state index is 0.0723. The van der Waals surface area contributed by atoms with Crippen LogP contribution in [-0.4, -0.2) is 33.3 Å². The topological polar surface area (TPSA) is 41.6 Å². The molecule has 3 aromatic carbocycles. The lowest BCUT2D eigenvalue weighted by molar-refractivity contribution is 0.143. The molecule has 4 nitrogen and oxygen atoms in total. The van der Waals surface area contributed by atoms with E-state index in [2.05, 4.69) is 46.3 Å². The highest BCUT2D eigenvalue weighted by molar-refractivity contribution is 5.79. The Morgan fingerprint density at radius 2 is 1.55 bits per heavy atom. The number of hydrogen-bond donors (Lipinski definition) is 1. The number of fused-ring (bicyclic) bond motifs is 3. The Balaban J connectivity index is 1.26. The Kier molecular flexibility index (Phi) is 6.24. The number of nitrogens with one attached hydrogen (secondary N) is 1. The van der Waals surface area contributed by atoms with Crippen LogP contribution in [0.1, 0.15) is 29.0 Å². The van der Waals surface area contributed by atoms with E-state index in [1.54, 1.807) is 0 Å². The predicted molar refractivity (Wildman–Crippen MR) is 125 cm³/mol. The van der Waals surface area contributed by atoms with Crippen LogP contribution in [0.25, 0.3) is 11.1 Å². The molecule has 0 fully saturated rings. The molecule has 1 aliphatic carbocycles. The maximum atomic E-state index is 12.2. The van der Waals surface area contributed by atoms with Gasteiger partial charge in [0.25, 0.3) is 0 Å². The summed E-state index contributed by atoms with van der Waals surface area (Å²) in [5, 5.41) is 2.79. The molecule has 0 unspecified atom stereocenters. The molecule has 0 aliphatic heterocycles. The standard InChI is InChI=1S/C27H26N2O2/c1-29(2)21-16-14-20(15-17-21)9-7-8-18-28-27(30)31-19-26-24-12-5-3-10-22(24)23-11-4-6-13-25(23)26/h3-6,10-17,26H,8,18-19H2,1-2H3,(H,28,30). The van der Waals surface area contributed by atoms with E-state index in [1.807, 2.05) is 62.6 Å². The van der Waals surface area contributed by atoms with Gasteiger partial charge >= 0.3 is 6.09 Å². The highest BCUT2D eigenvalue weighted by Gasteiger charge is 2.28. The molecule has 0 aromatic heterocycles. The molecule has 0 bridgehead atoms. The lowest BCUT2D eigenvalue weighted by Crippen LogP contribution is -2.26. The number of alkyl carbamates (subject to hydrolysis) is 1. The molecular weight excluding hydrogens is 384 g/mol. The first-order valence-electron chi connectivity index (χ1n) is 10.5. The van der Waals surface area contributed by atoms with Gasteiger partial charge in [-0.2, -0.15) is 0 Å². The van der Waals surface area contributed by atoms with E-state index in [0.717, 1.165) is 11.3 Å². The molecule has 0 atom stereocenters. The third-order valence-electron chi connectivity index (χ3n) is 5.48. The normalized spacial score (nSPS) is 11.7. The number of anilines is 1. The predicted octanol–water partition coefficient (Wildman–Crippen LogP) is 5.03. The maximum Gasteiger partial charge on any atom is 0.407 e. The molecular formula is C27H26N2O2. The van der Waals surface area contributed by atoms with Crippen LogP contribution in [0.2, 0.25) is 0 Å². The third kappa shape index (κ3) is 4.73. The van der Waals surface area contributed by atoms with Crippen molar-refractivity contribution in [1.29, 1.82) is 0 Å². The van der Waals surface area contributed by atoms with Gasteiger partial charge < -0.3 is 15.0 Å². The number of nitrogens with zero attached hydrogens (tertiary/aromatic N) is 1. The summed E-state index contributed by atoms with van der Waals surface area (Å²) in [5.74, 6) is 6.29. The van der Waals surface area contributed by atoms with Gasteiger partial charge in [0.1, 0.15) is 6.61 Å². The summed E-state index contributed by atoms with van der Waals surface area (Å²) in [7, 11) is 4.02. The fourth-order valence-electron chi connectivity index (χ4n) is 3.88. The summed E-state index contributed by atoms with van der Waals surface area (Å²) < 4.78 is 5.54. The molecule has 156 valence electrons. The van der Waals surface area contributed by atoms with Crippen LogP contribution in [-0.2, 0) is 4.74 Å². The van der Waals surface area contributed by atoms with Crippen LogP contribution < -0.4 is 10.2 Å². The van der Waals surface area contributed by atoms with Gasteiger partial charge in [-0.15, -0.1) is 0 Å². The van der Waals surface area contributed by atoms with Gasteiger partial charge in [0.15, 0.2) is 0 Å². The van der Waals surface area contributed by atoms with Gasteiger partial charge in [-0.25, -0.2) is 4.79 Å². The molecule has 0 radical (unpaired) electrons. The van der Waals surface area contributed by atoms with Crippen LogP contribution in [0, 0.1) is 11.8 Å². The van der Waals surface area contributed by atoms with Gasteiger partial charge in [-0.3, -0.25) is 0 Å². The molecule has 3 aromatic rings. The van der Waals surface area contributed by atoms with Crippen LogP contribution in [0.4, 0.5) is 10.5 Å². The third-order valence-corrected chi connectivity index (χ3v) is 5.48. The zero-order valence-electron chi connectivity index (χ0n) is 17.9. The molecule has 1 amide bonds. The average molecular weight is 411 g/mol. The van der Waals surface area contributed by atoms with E-state index in [4.69, 9.17) is 4.74 Å². The molecule has 4 rings (SSSR count). The van der Waals surface area contributed by atoms with Gasteiger partial charge in [0.2, 0.25) is 0 Å². The quantitative estimate of drug-likeness (QED) is 0.474. The summed E-state index contributed by atoms with van der Waals surface area (Å²) >= 11 is 0. The summed E-state index contributed by atoms with van der Waals surface area (Å²) in [6, 6.07) is 24.7. The SMILES string of the molecule is CN(C)c1ccc(C#CCCNC(=O)OCC2c3ccccc3-c3ccccc32)cc1. The van der Waals surface area contributed by atoms with Crippen LogP contribution in [0.3, 0.4) is 0 Å². The van der Waals surface area contributed by atoms with E-state index < -0.39 is 6.09 Å². The lowest BCUT2D eigenvalue weighted by Gasteiger charge is -2.14. The van der Waals surface area contributed by atoms with Gasteiger partial charge in [-0.05, 0) is 46.5 Å². The summed E-state index contributed by atoms with van der Waals surface area (Å²) in [4.78, 5) is 14.2.